The topological polar surface area (TPSA) is 97.7 Å². The molecular formula is C22H24ClN3O5. The quantitative estimate of drug-likeness (QED) is 0.401. The second-order valence-corrected chi connectivity index (χ2v) is 8.40. The maximum Gasteiger partial charge on any atom is 0.326 e. The molecule has 1 aromatic heterocycles. The van der Waals surface area contributed by atoms with E-state index < -0.39 is 36.6 Å². The van der Waals surface area contributed by atoms with Crippen LogP contribution < -0.4 is 5.32 Å². The van der Waals surface area contributed by atoms with Gasteiger partial charge in [0, 0.05) is 28.5 Å². The molecule has 8 nitrogen and oxygen atoms in total. The second-order valence-electron chi connectivity index (χ2n) is 7.99. The maximum atomic E-state index is 12.6. The van der Waals surface area contributed by atoms with Crippen molar-refractivity contribution >= 4 is 35.3 Å². The largest absolute Gasteiger partial charge is 0.456 e. The Kier molecular flexibility index (Phi) is 6.22. The molecule has 9 heteroatoms. The van der Waals surface area contributed by atoms with Crippen LogP contribution in [0.2, 0.25) is 5.02 Å². The van der Waals surface area contributed by atoms with Crippen molar-refractivity contribution in [2.75, 3.05) is 13.2 Å². The van der Waals surface area contributed by atoms with Crippen molar-refractivity contribution < 1.29 is 23.9 Å². The number of nitrogens with one attached hydrogen (secondary N) is 1. The lowest BCUT2D eigenvalue weighted by Gasteiger charge is -2.15. The number of rotatable bonds is 7. The lowest BCUT2D eigenvalue weighted by molar-refractivity contribution is -0.146. The lowest BCUT2D eigenvalue weighted by atomic mass is 10.1. The Hall–Kier alpha value is -3.13. The van der Waals surface area contributed by atoms with Gasteiger partial charge in [-0.3, -0.25) is 19.3 Å². The van der Waals surface area contributed by atoms with Crippen molar-refractivity contribution in [2.45, 2.75) is 39.8 Å². The summed E-state index contributed by atoms with van der Waals surface area (Å²) in [6, 6.07) is 8.55. The van der Waals surface area contributed by atoms with Gasteiger partial charge in [0.2, 0.25) is 5.78 Å². The molecule has 1 aliphatic rings. The molecule has 164 valence electrons. The molecule has 0 unspecified atom stereocenters. The first kappa shape index (κ1) is 22.6. The van der Waals surface area contributed by atoms with E-state index in [-0.39, 0.29) is 5.78 Å². The van der Waals surface area contributed by atoms with Crippen molar-refractivity contribution in [1.29, 1.82) is 0 Å². The number of hydrogen-bond acceptors (Lipinski definition) is 5. The third-order valence-corrected chi connectivity index (χ3v) is 5.62. The van der Waals surface area contributed by atoms with Crippen LogP contribution in [0.4, 0.5) is 4.79 Å². The standard InChI is InChI=1S/C22H24ClN3O5/c1-13-9-16(14(2)25(13)10-15-7-5-6-8-17(15)23)18(27)12-31-19(28)11-26-20(29)22(3,4)24-21(26)30/h5-9H,10-12H2,1-4H3,(H,24,30). The highest BCUT2D eigenvalue weighted by Crippen LogP contribution is 2.22. The van der Waals surface area contributed by atoms with Gasteiger partial charge in [-0.1, -0.05) is 29.8 Å². The molecular weight excluding hydrogens is 422 g/mol. The van der Waals surface area contributed by atoms with Gasteiger partial charge in [-0.25, -0.2) is 4.79 Å². The number of nitrogens with zero attached hydrogens (tertiary/aromatic N) is 2. The number of Topliss-reactive ketones (excluding diaryl/α,β-unsaturated/α-hetero) is 1. The Morgan fingerprint density at radius 1 is 1.16 bits per heavy atom. The summed E-state index contributed by atoms with van der Waals surface area (Å²) in [6.45, 7) is 6.25. The minimum Gasteiger partial charge on any atom is -0.456 e. The fourth-order valence-corrected chi connectivity index (χ4v) is 3.68. The molecule has 0 spiro atoms. The van der Waals surface area contributed by atoms with Crippen LogP contribution >= 0.6 is 11.6 Å². The number of ketones is 1. The molecule has 2 heterocycles. The zero-order valence-electron chi connectivity index (χ0n) is 17.8. The molecule has 1 aliphatic heterocycles. The maximum absolute atomic E-state index is 12.6. The minimum atomic E-state index is -1.08. The van der Waals surface area contributed by atoms with E-state index in [2.05, 4.69) is 5.32 Å². The van der Waals surface area contributed by atoms with Gasteiger partial charge in [-0.15, -0.1) is 0 Å². The molecule has 1 fully saturated rings. The monoisotopic (exact) mass is 445 g/mol. The van der Waals surface area contributed by atoms with Crippen LogP contribution in [-0.4, -0.2) is 51.8 Å². The van der Waals surface area contributed by atoms with Crippen molar-refractivity contribution in [2.24, 2.45) is 0 Å². The van der Waals surface area contributed by atoms with E-state index in [1.54, 1.807) is 19.9 Å². The normalized spacial score (nSPS) is 15.2. The summed E-state index contributed by atoms with van der Waals surface area (Å²) in [6.07, 6.45) is 0. The highest BCUT2D eigenvalue weighted by molar-refractivity contribution is 6.31. The number of imide groups is 1. The third-order valence-electron chi connectivity index (χ3n) is 5.26. The number of benzene rings is 1. The summed E-state index contributed by atoms with van der Waals surface area (Å²) < 4.78 is 7.00. The highest BCUT2D eigenvalue weighted by atomic mass is 35.5. The molecule has 0 radical (unpaired) electrons. The Bertz CT molecular complexity index is 1070. The molecule has 0 aliphatic carbocycles. The number of ether oxygens (including phenoxy) is 1. The Morgan fingerprint density at radius 2 is 1.84 bits per heavy atom. The van der Waals surface area contributed by atoms with Crippen LogP contribution in [0.1, 0.15) is 41.2 Å². The van der Waals surface area contributed by atoms with Gasteiger partial charge in [0.25, 0.3) is 5.91 Å². The number of hydrogen-bond donors (Lipinski definition) is 1. The van der Waals surface area contributed by atoms with Crippen LogP contribution in [-0.2, 0) is 20.9 Å². The van der Waals surface area contributed by atoms with Crippen LogP contribution in [0, 0.1) is 13.8 Å². The van der Waals surface area contributed by atoms with Gasteiger partial charge < -0.3 is 14.6 Å². The van der Waals surface area contributed by atoms with Gasteiger partial charge in [-0.05, 0) is 45.4 Å². The number of urea groups is 1. The summed E-state index contributed by atoms with van der Waals surface area (Å²) in [5.74, 6) is -1.73. The van der Waals surface area contributed by atoms with E-state index in [1.165, 1.54) is 0 Å². The molecule has 1 N–H and O–H groups in total. The zero-order valence-corrected chi connectivity index (χ0v) is 18.6. The molecule has 31 heavy (non-hydrogen) atoms. The number of amides is 3. The molecule has 0 atom stereocenters. The number of carbonyl (C=O) groups is 4. The van der Waals surface area contributed by atoms with E-state index in [9.17, 15) is 19.2 Å². The predicted molar refractivity (Wildman–Crippen MR) is 114 cm³/mol. The smallest absolute Gasteiger partial charge is 0.326 e. The second kappa shape index (κ2) is 8.55. The molecule has 1 saturated heterocycles. The average molecular weight is 446 g/mol. The number of carbonyl (C=O) groups excluding carboxylic acids is 4. The van der Waals surface area contributed by atoms with Gasteiger partial charge >= 0.3 is 12.0 Å². The summed E-state index contributed by atoms with van der Waals surface area (Å²) in [7, 11) is 0. The Balaban J connectivity index is 1.64. The molecule has 0 saturated carbocycles. The van der Waals surface area contributed by atoms with Gasteiger partial charge in [0.05, 0.1) is 0 Å². The molecule has 2 aromatic rings. The number of halogens is 1. The highest BCUT2D eigenvalue weighted by Gasteiger charge is 2.45. The fraction of sp³-hybridized carbons (Fsp3) is 0.364. The fourth-order valence-electron chi connectivity index (χ4n) is 3.48. The zero-order chi connectivity index (χ0) is 22.9. The number of aryl methyl sites for hydroxylation is 1. The number of aromatic nitrogens is 1. The van der Waals surface area contributed by atoms with Gasteiger partial charge in [0.1, 0.15) is 12.1 Å². The average Bonchev–Trinajstić information content (AvgIpc) is 3.08. The summed E-state index contributed by atoms with van der Waals surface area (Å²) >= 11 is 6.25. The van der Waals surface area contributed by atoms with E-state index in [0.717, 1.165) is 21.9 Å². The molecule has 1 aromatic carbocycles. The minimum absolute atomic E-state index is 0.371. The summed E-state index contributed by atoms with van der Waals surface area (Å²) in [5.41, 5.74) is 1.89. The van der Waals surface area contributed by atoms with E-state index >= 15 is 0 Å². The Labute approximate surface area is 185 Å². The SMILES string of the molecule is Cc1cc(C(=O)COC(=O)CN2C(=O)NC(C)(C)C2=O)c(C)n1Cc1ccccc1Cl. The van der Waals surface area contributed by atoms with Crippen LogP contribution in [0.25, 0.3) is 0 Å². The summed E-state index contributed by atoms with van der Waals surface area (Å²) in [4.78, 5) is 49.5. The third kappa shape index (κ3) is 4.64. The van der Waals surface area contributed by atoms with Crippen LogP contribution in [0.5, 0.6) is 0 Å². The van der Waals surface area contributed by atoms with Crippen LogP contribution in [0.3, 0.4) is 0 Å². The van der Waals surface area contributed by atoms with Crippen LogP contribution in [0.15, 0.2) is 30.3 Å². The molecule has 0 bridgehead atoms. The van der Waals surface area contributed by atoms with Crippen molar-refractivity contribution in [3.05, 3.63) is 57.9 Å². The first-order valence-corrected chi connectivity index (χ1v) is 10.1. The van der Waals surface area contributed by atoms with Crippen molar-refractivity contribution in [1.82, 2.24) is 14.8 Å². The predicted octanol–water partition coefficient (Wildman–Crippen LogP) is 2.86. The lowest BCUT2D eigenvalue weighted by Crippen LogP contribution is -2.41. The number of esters is 1. The van der Waals surface area contributed by atoms with E-state index in [0.29, 0.717) is 17.1 Å². The Morgan fingerprint density at radius 3 is 2.45 bits per heavy atom. The van der Waals surface area contributed by atoms with Crippen molar-refractivity contribution in [3.63, 3.8) is 0 Å². The first-order valence-electron chi connectivity index (χ1n) is 9.74. The van der Waals surface area contributed by atoms with Gasteiger partial charge in [-0.2, -0.15) is 0 Å². The first-order chi connectivity index (χ1) is 14.5. The van der Waals surface area contributed by atoms with Crippen molar-refractivity contribution in [3.8, 4) is 0 Å². The van der Waals surface area contributed by atoms with E-state index in [1.807, 2.05) is 42.7 Å². The molecule has 3 rings (SSSR count). The van der Waals surface area contributed by atoms with E-state index in [4.69, 9.17) is 16.3 Å². The summed E-state index contributed by atoms with van der Waals surface area (Å²) in [5, 5.41) is 3.12. The van der Waals surface area contributed by atoms with Gasteiger partial charge in [0.15, 0.2) is 6.61 Å². The molecule has 3 amide bonds.